The summed E-state index contributed by atoms with van der Waals surface area (Å²) in [5.41, 5.74) is 3.95. The molecule has 2 unspecified atom stereocenters. The third-order valence-corrected chi connectivity index (χ3v) is 7.78. The number of aliphatic hydroxyl groups is 1. The number of aromatic nitrogens is 2. The van der Waals surface area contributed by atoms with Crippen molar-refractivity contribution in [2.45, 2.75) is 62.0 Å². The summed E-state index contributed by atoms with van der Waals surface area (Å²) in [6.45, 7) is 3.60. The van der Waals surface area contributed by atoms with Crippen molar-refractivity contribution in [3.63, 3.8) is 0 Å². The Morgan fingerprint density at radius 2 is 2.06 bits per heavy atom. The second kappa shape index (κ2) is 8.66. The zero-order chi connectivity index (χ0) is 25.8. The van der Waals surface area contributed by atoms with Crippen molar-refractivity contribution in [1.82, 2.24) is 9.97 Å². The van der Waals surface area contributed by atoms with Crippen LogP contribution in [0.4, 0.5) is 23.7 Å². The maximum atomic E-state index is 13.4. The van der Waals surface area contributed by atoms with Crippen LogP contribution in [0.5, 0.6) is 5.75 Å². The molecule has 2 amide bonds. The van der Waals surface area contributed by atoms with Crippen LogP contribution in [0.3, 0.4) is 0 Å². The van der Waals surface area contributed by atoms with E-state index >= 15 is 0 Å². The number of hydrogen-bond donors (Lipinski definition) is 2. The molecule has 3 heterocycles. The van der Waals surface area contributed by atoms with E-state index in [0.29, 0.717) is 34.8 Å². The number of nitrogens with two attached hydrogens (primary N) is 1. The number of nitrogens with zero attached hydrogens (tertiary/aromatic N) is 3. The summed E-state index contributed by atoms with van der Waals surface area (Å²) in [6.07, 6.45) is -2.15. The molecule has 0 bridgehead atoms. The normalized spacial score (nSPS) is 21.9. The molecule has 0 aromatic carbocycles. The van der Waals surface area contributed by atoms with Gasteiger partial charge in [-0.25, -0.2) is 9.78 Å². The molecule has 0 saturated heterocycles. The van der Waals surface area contributed by atoms with Gasteiger partial charge >= 0.3 is 18.2 Å². The second-order valence-electron chi connectivity index (χ2n) is 9.51. The fourth-order valence-corrected chi connectivity index (χ4v) is 5.21. The molecule has 2 aliphatic rings. The molecule has 188 valence electrons. The number of primary amides is 1. The van der Waals surface area contributed by atoms with E-state index in [1.807, 2.05) is 0 Å². The average molecular weight is 511 g/mol. The number of esters is 1. The molecule has 12 heteroatoms. The summed E-state index contributed by atoms with van der Waals surface area (Å²) in [4.78, 5) is 34.7. The molecule has 4 rings (SSSR count). The van der Waals surface area contributed by atoms with Crippen LogP contribution in [0.25, 0.3) is 0 Å². The lowest BCUT2D eigenvalue weighted by Gasteiger charge is -2.33. The van der Waals surface area contributed by atoms with Gasteiger partial charge in [0.2, 0.25) is 0 Å². The zero-order valence-electron chi connectivity index (χ0n) is 19.3. The van der Waals surface area contributed by atoms with E-state index in [1.165, 1.54) is 35.0 Å². The number of hydrogen-bond acceptors (Lipinski definition) is 7. The number of rotatable bonds is 4. The second-order valence-corrected chi connectivity index (χ2v) is 10.7. The molecule has 0 saturated carbocycles. The van der Waals surface area contributed by atoms with Crippen molar-refractivity contribution in [2.75, 3.05) is 11.5 Å². The number of aliphatic hydroxyl groups excluding tert-OH is 1. The number of pyridine rings is 2. The summed E-state index contributed by atoms with van der Waals surface area (Å²) in [7, 11) is 0. The number of fused-ring (bicyclic) bond motifs is 2. The number of amides is 2. The van der Waals surface area contributed by atoms with Crippen molar-refractivity contribution >= 4 is 29.4 Å². The van der Waals surface area contributed by atoms with Crippen molar-refractivity contribution < 1.29 is 32.6 Å². The smallest absolute Gasteiger partial charge is 0.399 e. The Balaban J connectivity index is 1.53. The summed E-state index contributed by atoms with van der Waals surface area (Å²) in [5, 5.41) is 9.37. The number of urea groups is 1. The lowest BCUT2D eigenvalue weighted by Crippen LogP contribution is -2.41. The number of carbonyl (C=O) groups excluding carboxylic acids is 2. The summed E-state index contributed by atoms with van der Waals surface area (Å²) >= 11 is 1.17. The van der Waals surface area contributed by atoms with Crippen molar-refractivity contribution in [3.8, 4) is 5.75 Å². The van der Waals surface area contributed by atoms with Gasteiger partial charge in [-0.1, -0.05) is 17.8 Å². The molecular weight excluding hydrogens is 485 g/mol. The minimum atomic E-state index is -4.44. The molecule has 8 nitrogen and oxygen atoms in total. The number of thioether (sulfide) groups is 1. The van der Waals surface area contributed by atoms with Crippen LogP contribution in [0.15, 0.2) is 29.4 Å². The Morgan fingerprint density at radius 1 is 1.34 bits per heavy atom. The number of carbonyl (C=O) groups is 2. The van der Waals surface area contributed by atoms with Gasteiger partial charge in [0.15, 0.2) is 5.75 Å². The van der Waals surface area contributed by atoms with Crippen LogP contribution >= 0.6 is 11.8 Å². The van der Waals surface area contributed by atoms with E-state index < -0.39 is 34.4 Å². The van der Waals surface area contributed by atoms with Gasteiger partial charge in [0.05, 0.1) is 29.6 Å². The predicted molar refractivity (Wildman–Crippen MR) is 122 cm³/mol. The van der Waals surface area contributed by atoms with Crippen LogP contribution in [0.1, 0.15) is 44.1 Å². The maximum Gasteiger partial charge on any atom is 0.399 e. The molecule has 1 aliphatic carbocycles. The Morgan fingerprint density at radius 3 is 2.69 bits per heavy atom. The number of ether oxygens (including phenoxy) is 1. The summed E-state index contributed by atoms with van der Waals surface area (Å²) in [6, 6.07) is 3.67. The number of anilines is 1. The van der Waals surface area contributed by atoms with E-state index in [9.17, 15) is 27.9 Å². The maximum absolute atomic E-state index is 13.4. The predicted octanol–water partition coefficient (Wildman–Crippen LogP) is 3.73. The molecule has 0 fully saturated rings. The zero-order valence-corrected chi connectivity index (χ0v) is 20.2. The fourth-order valence-electron chi connectivity index (χ4n) is 4.17. The van der Waals surface area contributed by atoms with Gasteiger partial charge in [0.25, 0.3) is 0 Å². The van der Waals surface area contributed by atoms with Gasteiger partial charge < -0.3 is 15.6 Å². The molecule has 0 spiro atoms. The van der Waals surface area contributed by atoms with Gasteiger partial charge in [-0.3, -0.25) is 14.7 Å². The molecule has 35 heavy (non-hydrogen) atoms. The first-order chi connectivity index (χ1) is 16.3. The minimum absolute atomic E-state index is 0.0581. The van der Waals surface area contributed by atoms with Gasteiger partial charge in [-0.2, -0.15) is 13.2 Å². The first-order valence-electron chi connectivity index (χ1n) is 10.9. The fraction of sp³-hybridized carbons (Fsp3) is 0.478. The van der Waals surface area contributed by atoms with Crippen LogP contribution in [-0.4, -0.2) is 45.2 Å². The van der Waals surface area contributed by atoms with E-state index in [4.69, 9.17) is 10.5 Å². The monoisotopic (exact) mass is 510 g/mol. The van der Waals surface area contributed by atoms with E-state index in [0.717, 1.165) is 13.8 Å². The van der Waals surface area contributed by atoms with Crippen LogP contribution in [0, 0.1) is 5.41 Å². The highest BCUT2D eigenvalue weighted by atomic mass is 32.2. The number of halogens is 3. The first-order valence-corrected chi connectivity index (χ1v) is 11.8. The van der Waals surface area contributed by atoms with Crippen molar-refractivity contribution in [2.24, 2.45) is 11.1 Å². The van der Waals surface area contributed by atoms with Gasteiger partial charge in [0.1, 0.15) is 15.8 Å². The SMILES string of the molecule is CC1(C(=O)Oc2cnc3c(c2)N(C(N)=O)C(CO)S3)CCc2nc(C(C)(C)C(F)(F)F)ccc2C1. The van der Waals surface area contributed by atoms with E-state index in [-0.39, 0.29) is 24.5 Å². The lowest BCUT2D eigenvalue weighted by molar-refractivity contribution is -0.181. The summed E-state index contributed by atoms with van der Waals surface area (Å²) < 4.78 is 45.9. The quantitative estimate of drug-likeness (QED) is 0.602. The largest absolute Gasteiger partial charge is 0.424 e. The molecule has 1 aliphatic heterocycles. The third kappa shape index (κ3) is 4.44. The van der Waals surface area contributed by atoms with E-state index in [1.54, 1.807) is 13.0 Å². The molecule has 2 aromatic rings. The number of alkyl halides is 3. The van der Waals surface area contributed by atoms with Gasteiger partial charge in [-0.15, -0.1) is 0 Å². The van der Waals surface area contributed by atoms with Crippen molar-refractivity contribution in [1.29, 1.82) is 0 Å². The third-order valence-electron chi connectivity index (χ3n) is 6.61. The van der Waals surface area contributed by atoms with Gasteiger partial charge in [-0.05, 0) is 51.7 Å². The highest BCUT2D eigenvalue weighted by molar-refractivity contribution is 8.00. The Hall–Kier alpha value is -2.86. The summed E-state index contributed by atoms with van der Waals surface area (Å²) in [5.74, 6) is -0.411. The highest BCUT2D eigenvalue weighted by Crippen LogP contribution is 2.44. The molecule has 3 N–H and O–H groups in total. The number of aryl methyl sites for hydroxylation is 1. The molecule has 0 radical (unpaired) electrons. The molecule has 2 atom stereocenters. The Kier molecular flexibility index (Phi) is 6.25. The minimum Gasteiger partial charge on any atom is -0.424 e. The standard InChI is InChI=1S/C23H25F3N4O4S/c1-21(2,23(24,25)26)16-5-4-12-9-22(3,7-6-14(12)29-16)19(32)34-13-8-15-18(28-10-13)35-17(11-31)30(15)20(27)33/h4-5,8,10,17,31H,6-7,9,11H2,1-3H3,(H2,27,33). The average Bonchev–Trinajstić information content (AvgIpc) is 3.16. The molecular formula is C23H25F3N4O4S. The van der Waals surface area contributed by atoms with Crippen LogP contribution in [-0.2, 0) is 23.1 Å². The topological polar surface area (TPSA) is 119 Å². The highest BCUT2D eigenvalue weighted by Gasteiger charge is 2.50. The van der Waals surface area contributed by atoms with E-state index in [2.05, 4.69) is 9.97 Å². The molecule has 2 aromatic heterocycles. The Labute approximate surface area is 204 Å². The van der Waals surface area contributed by atoms with Gasteiger partial charge in [0, 0.05) is 11.8 Å². The lowest BCUT2D eigenvalue weighted by atomic mass is 9.74. The first kappa shape index (κ1) is 25.2. The van der Waals surface area contributed by atoms with Crippen LogP contribution in [0.2, 0.25) is 0 Å². The van der Waals surface area contributed by atoms with Crippen LogP contribution < -0.4 is 15.4 Å². The van der Waals surface area contributed by atoms with Crippen molar-refractivity contribution in [3.05, 3.63) is 41.3 Å². The Bertz CT molecular complexity index is 1190.